The summed E-state index contributed by atoms with van der Waals surface area (Å²) in [7, 11) is 0. The number of ether oxygens (including phenoxy) is 1. The van der Waals surface area contributed by atoms with Gasteiger partial charge in [-0.3, -0.25) is 4.79 Å². The molecule has 0 saturated carbocycles. The number of carbonyl (C=O) groups is 1. The SMILES string of the molecule is Cc1ccc(-c2oc3c(Cl)cc(Cl)cc3c(=O)c2OCC(=O)[O-])cc1. The van der Waals surface area contributed by atoms with Gasteiger partial charge in [-0.15, -0.1) is 0 Å². The highest BCUT2D eigenvalue weighted by Crippen LogP contribution is 2.35. The number of benzene rings is 2. The Bertz CT molecular complexity index is 1020. The Balaban J connectivity index is 2.32. The molecule has 3 rings (SSSR count). The number of hydrogen-bond acceptors (Lipinski definition) is 5. The van der Waals surface area contributed by atoms with E-state index in [1.165, 1.54) is 12.1 Å². The van der Waals surface area contributed by atoms with E-state index in [1.807, 2.05) is 19.1 Å². The van der Waals surface area contributed by atoms with Crippen LogP contribution in [-0.2, 0) is 4.79 Å². The highest BCUT2D eigenvalue weighted by atomic mass is 35.5. The number of aryl methyl sites for hydroxylation is 1. The van der Waals surface area contributed by atoms with Crippen LogP contribution < -0.4 is 15.3 Å². The normalized spacial score (nSPS) is 10.8. The lowest BCUT2D eigenvalue weighted by atomic mass is 10.1. The van der Waals surface area contributed by atoms with E-state index in [9.17, 15) is 14.7 Å². The van der Waals surface area contributed by atoms with Crippen molar-refractivity contribution in [2.75, 3.05) is 6.61 Å². The lowest BCUT2D eigenvalue weighted by Gasteiger charge is -2.13. The molecule has 0 aliphatic rings. The van der Waals surface area contributed by atoms with Gasteiger partial charge in [0.05, 0.1) is 16.4 Å². The minimum absolute atomic E-state index is 0.0861. The molecule has 1 aromatic heterocycles. The molecule has 0 fully saturated rings. The van der Waals surface area contributed by atoms with Crippen molar-refractivity contribution < 1.29 is 19.1 Å². The summed E-state index contributed by atoms with van der Waals surface area (Å²) in [5, 5.41) is 11.3. The molecule has 0 aliphatic heterocycles. The van der Waals surface area contributed by atoms with Gasteiger partial charge in [0.25, 0.3) is 0 Å². The van der Waals surface area contributed by atoms with E-state index in [2.05, 4.69) is 0 Å². The van der Waals surface area contributed by atoms with E-state index in [0.29, 0.717) is 5.56 Å². The fraction of sp³-hybridized carbons (Fsp3) is 0.111. The van der Waals surface area contributed by atoms with Crippen molar-refractivity contribution >= 4 is 40.1 Å². The summed E-state index contributed by atoms with van der Waals surface area (Å²) in [5.74, 6) is -1.61. The van der Waals surface area contributed by atoms with Crippen LogP contribution in [0.15, 0.2) is 45.6 Å². The molecule has 128 valence electrons. The highest BCUT2D eigenvalue weighted by molar-refractivity contribution is 6.38. The number of hydrogen-bond donors (Lipinski definition) is 0. The number of carboxylic acid groups (broad SMARTS) is 1. The maximum Gasteiger partial charge on any atom is 0.235 e. The maximum atomic E-state index is 12.8. The molecular formula is C18H11Cl2O5-. The van der Waals surface area contributed by atoms with Gasteiger partial charge in [0.15, 0.2) is 11.3 Å². The Hall–Kier alpha value is -2.50. The van der Waals surface area contributed by atoms with Crippen molar-refractivity contribution in [2.45, 2.75) is 6.92 Å². The van der Waals surface area contributed by atoms with Gasteiger partial charge >= 0.3 is 0 Å². The largest absolute Gasteiger partial charge is 0.546 e. The lowest BCUT2D eigenvalue weighted by Crippen LogP contribution is -2.30. The van der Waals surface area contributed by atoms with Crippen LogP contribution in [0.2, 0.25) is 10.0 Å². The second-order valence-corrected chi connectivity index (χ2v) is 6.22. The monoisotopic (exact) mass is 377 g/mol. The maximum absolute atomic E-state index is 12.8. The van der Waals surface area contributed by atoms with Crippen molar-refractivity contribution in [3.63, 3.8) is 0 Å². The van der Waals surface area contributed by atoms with E-state index >= 15 is 0 Å². The molecule has 5 nitrogen and oxygen atoms in total. The Morgan fingerprint density at radius 1 is 1.20 bits per heavy atom. The second-order valence-electron chi connectivity index (χ2n) is 5.38. The molecule has 0 N–H and O–H groups in total. The van der Waals surface area contributed by atoms with Crippen molar-refractivity contribution in [1.82, 2.24) is 0 Å². The van der Waals surface area contributed by atoms with Crippen LogP contribution in [0.1, 0.15) is 5.56 Å². The van der Waals surface area contributed by atoms with Crippen molar-refractivity contribution in [2.24, 2.45) is 0 Å². The number of carbonyl (C=O) groups excluding carboxylic acids is 1. The third-order valence-electron chi connectivity index (χ3n) is 3.52. The van der Waals surface area contributed by atoms with E-state index in [1.54, 1.807) is 12.1 Å². The van der Waals surface area contributed by atoms with Gasteiger partial charge < -0.3 is 19.1 Å². The molecule has 1 heterocycles. The molecule has 0 radical (unpaired) electrons. The third-order valence-corrected chi connectivity index (χ3v) is 4.02. The summed E-state index contributed by atoms with van der Waals surface area (Å²) >= 11 is 12.1. The summed E-state index contributed by atoms with van der Waals surface area (Å²) in [6, 6.07) is 9.95. The number of halogens is 2. The summed E-state index contributed by atoms with van der Waals surface area (Å²) in [4.78, 5) is 23.5. The van der Waals surface area contributed by atoms with Gasteiger partial charge in [-0.1, -0.05) is 53.0 Å². The highest BCUT2D eigenvalue weighted by Gasteiger charge is 2.20. The van der Waals surface area contributed by atoms with Crippen LogP contribution in [0.25, 0.3) is 22.3 Å². The summed E-state index contributed by atoms with van der Waals surface area (Å²) < 4.78 is 10.9. The van der Waals surface area contributed by atoms with Crippen LogP contribution in [0.5, 0.6) is 5.75 Å². The van der Waals surface area contributed by atoms with Crippen molar-refractivity contribution in [3.05, 3.63) is 62.2 Å². The topological polar surface area (TPSA) is 79.6 Å². The summed E-state index contributed by atoms with van der Waals surface area (Å²) in [5.41, 5.74) is 1.13. The zero-order chi connectivity index (χ0) is 18.1. The Morgan fingerprint density at radius 2 is 1.88 bits per heavy atom. The smallest absolute Gasteiger partial charge is 0.235 e. The van der Waals surface area contributed by atoms with Crippen LogP contribution >= 0.6 is 23.2 Å². The first-order valence-electron chi connectivity index (χ1n) is 7.22. The zero-order valence-corrected chi connectivity index (χ0v) is 14.5. The quantitative estimate of drug-likeness (QED) is 0.697. The lowest BCUT2D eigenvalue weighted by molar-refractivity contribution is -0.307. The zero-order valence-electron chi connectivity index (χ0n) is 13.0. The van der Waals surface area contributed by atoms with Gasteiger partial charge in [0.2, 0.25) is 11.2 Å². The van der Waals surface area contributed by atoms with Crippen LogP contribution in [0.3, 0.4) is 0 Å². The number of rotatable bonds is 4. The fourth-order valence-corrected chi connectivity index (χ4v) is 2.90. The van der Waals surface area contributed by atoms with Gasteiger partial charge in [0, 0.05) is 10.6 Å². The van der Waals surface area contributed by atoms with E-state index in [0.717, 1.165) is 5.56 Å². The van der Waals surface area contributed by atoms with Gasteiger partial charge in [0.1, 0.15) is 6.61 Å². The number of carboxylic acids is 1. The minimum atomic E-state index is -1.46. The molecule has 0 bridgehead atoms. The Kier molecular flexibility index (Phi) is 4.70. The molecule has 0 aliphatic carbocycles. The van der Waals surface area contributed by atoms with Gasteiger partial charge in [-0.25, -0.2) is 0 Å². The minimum Gasteiger partial charge on any atom is -0.546 e. The van der Waals surface area contributed by atoms with Gasteiger partial charge in [-0.2, -0.15) is 0 Å². The molecule has 0 saturated heterocycles. The molecule has 2 aromatic carbocycles. The van der Waals surface area contributed by atoms with Crippen molar-refractivity contribution in [3.8, 4) is 17.1 Å². The fourth-order valence-electron chi connectivity index (χ4n) is 2.36. The number of fused-ring (bicyclic) bond motifs is 1. The molecular weight excluding hydrogens is 367 g/mol. The average Bonchev–Trinajstić information content (AvgIpc) is 2.55. The molecule has 0 atom stereocenters. The summed E-state index contributed by atoms with van der Waals surface area (Å²) in [6.45, 7) is 1.12. The average molecular weight is 378 g/mol. The second kappa shape index (κ2) is 6.78. The Morgan fingerprint density at radius 3 is 2.52 bits per heavy atom. The molecule has 3 aromatic rings. The molecule has 0 spiro atoms. The molecule has 25 heavy (non-hydrogen) atoms. The van der Waals surface area contributed by atoms with Crippen LogP contribution in [0, 0.1) is 6.92 Å². The van der Waals surface area contributed by atoms with Crippen LogP contribution in [-0.4, -0.2) is 12.6 Å². The van der Waals surface area contributed by atoms with Crippen molar-refractivity contribution in [1.29, 1.82) is 0 Å². The standard InChI is InChI=1S/C18H12Cl2O5/c1-9-2-4-10(5-3-9)16-18(24-8-14(21)22)15(23)12-6-11(19)7-13(20)17(12)25-16/h2-7H,8H2,1H3,(H,21,22)/p-1. The predicted octanol–water partition coefficient (Wildman–Crippen LogP) is 3.20. The molecule has 7 heteroatoms. The van der Waals surface area contributed by atoms with E-state index in [-0.39, 0.29) is 32.5 Å². The number of aliphatic carboxylic acids is 1. The molecule has 0 amide bonds. The first kappa shape index (κ1) is 17.3. The van der Waals surface area contributed by atoms with Crippen LogP contribution in [0.4, 0.5) is 0 Å². The first-order chi connectivity index (χ1) is 11.9. The third kappa shape index (κ3) is 3.48. The van der Waals surface area contributed by atoms with E-state index < -0.39 is 18.0 Å². The molecule has 0 unspecified atom stereocenters. The predicted molar refractivity (Wildman–Crippen MR) is 93.2 cm³/mol. The first-order valence-corrected chi connectivity index (χ1v) is 7.98. The van der Waals surface area contributed by atoms with Gasteiger partial charge in [-0.05, 0) is 19.1 Å². The Labute approximate surface area is 152 Å². The summed E-state index contributed by atoms with van der Waals surface area (Å²) in [6.07, 6.45) is 0. The van der Waals surface area contributed by atoms with E-state index in [4.69, 9.17) is 32.4 Å².